The zero-order chi connectivity index (χ0) is 17.9. The van der Waals surface area contributed by atoms with Gasteiger partial charge in [-0.1, -0.05) is 23.2 Å². The number of nitrogens with zero attached hydrogens (tertiary/aromatic N) is 6. The van der Waals surface area contributed by atoms with Crippen molar-refractivity contribution >= 4 is 45.2 Å². The Labute approximate surface area is 156 Å². The van der Waals surface area contributed by atoms with Crippen LogP contribution in [-0.4, -0.2) is 26.5 Å². The smallest absolute Gasteiger partial charge is 0.179 e. The molecule has 0 unspecified atom stereocenters. The van der Waals surface area contributed by atoms with Crippen molar-refractivity contribution in [2.24, 2.45) is 0 Å². The van der Waals surface area contributed by atoms with E-state index in [1.807, 2.05) is 13.0 Å². The highest BCUT2D eigenvalue weighted by atomic mass is 79.9. The molecule has 2 heterocycles. The highest BCUT2D eigenvalue weighted by Gasteiger charge is 2.02. The Morgan fingerprint density at radius 2 is 1.71 bits per heavy atom. The predicted octanol–water partition coefficient (Wildman–Crippen LogP) is 3.77. The highest BCUT2D eigenvalue weighted by molar-refractivity contribution is 9.10. The standard InChI is InChI=1S/C9H8ClN3O.C5HBrClN3/c1-2-14-4-3-7-6-12-9(10)8(5-11)13-7;6-4-2-9-5(7)3(1-8)10-4/h3-4,6H,2H2,1H3;2H/b4-3+;. The van der Waals surface area contributed by atoms with Crippen LogP contribution in [0.25, 0.3) is 6.08 Å². The number of ether oxygens (including phenoxy) is 1. The van der Waals surface area contributed by atoms with E-state index in [0.29, 0.717) is 16.9 Å². The molecule has 122 valence electrons. The lowest BCUT2D eigenvalue weighted by Gasteiger charge is -1.96. The van der Waals surface area contributed by atoms with Crippen molar-refractivity contribution < 1.29 is 4.74 Å². The van der Waals surface area contributed by atoms with Crippen LogP contribution in [0.15, 0.2) is 23.3 Å². The fraction of sp³-hybridized carbons (Fsp3) is 0.143. The third kappa shape index (κ3) is 6.47. The summed E-state index contributed by atoms with van der Waals surface area (Å²) < 4.78 is 5.48. The average Bonchev–Trinajstić information content (AvgIpc) is 2.59. The van der Waals surface area contributed by atoms with Crippen molar-refractivity contribution in [3.8, 4) is 12.1 Å². The van der Waals surface area contributed by atoms with E-state index in [0.717, 1.165) is 0 Å². The van der Waals surface area contributed by atoms with Gasteiger partial charge >= 0.3 is 0 Å². The Hall–Kier alpha value is -2.26. The van der Waals surface area contributed by atoms with E-state index in [1.165, 1.54) is 18.7 Å². The molecule has 24 heavy (non-hydrogen) atoms. The number of hydrogen-bond acceptors (Lipinski definition) is 7. The molecule has 0 radical (unpaired) electrons. The number of aromatic nitrogens is 4. The molecule has 0 atom stereocenters. The fourth-order valence-corrected chi connectivity index (χ4v) is 1.72. The first kappa shape index (κ1) is 19.8. The van der Waals surface area contributed by atoms with Gasteiger partial charge in [0.15, 0.2) is 21.7 Å². The number of halogens is 3. The summed E-state index contributed by atoms with van der Waals surface area (Å²) in [6.07, 6.45) is 6.02. The van der Waals surface area contributed by atoms with Crippen LogP contribution in [0.5, 0.6) is 0 Å². The summed E-state index contributed by atoms with van der Waals surface area (Å²) in [6, 6.07) is 3.65. The molecule has 0 saturated heterocycles. The summed E-state index contributed by atoms with van der Waals surface area (Å²) in [6.45, 7) is 2.46. The van der Waals surface area contributed by atoms with Crippen LogP contribution in [0.1, 0.15) is 24.0 Å². The summed E-state index contributed by atoms with van der Waals surface area (Å²) in [5.74, 6) is 0. The third-order valence-electron chi connectivity index (χ3n) is 2.16. The Kier molecular flexibility index (Phi) is 8.66. The first-order chi connectivity index (χ1) is 11.5. The lowest BCUT2D eigenvalue weighted by atomic mass is 10.4. The molecule has 2 rings (SSSR count). The maximum absolute atomic E-state index is 8.62. The van der Waals surface area contributed by atoms with Gasteiger partial charge in [-0.05, 0) is 28.9 Å². The summed E-state index contributed by atoms with van der Waals surface area (Å²) >= 11 is 14.1. The van der Waals surface area contributed by atoms with E-state index >= 15 is 0 Å². The Bertz CT molecular complexity index is 816. The van der Waals surface area contributed by atoms with Crippen molar-refractivity contribution in [3.05, 3.63) is 50.6 Å². The van der Waals surface area contributed by atoms with Crippen LogP contribution in [0.2, 0.25) is 10.3 Å². The van der Waals surface area contributed by atoms with E-state index in [2.05, 4.69) is 35.9 Å². The van der Waals surface area contributed by atoms with Gasteiger partial charge in [-0.25, -0.2) is 19.9 Å². The molecule has 10 heteroatoms. The number of nitriles is 2. The molecular formula is C14H9BrCl2N6O. The van der Waals surface area contributed by atoms with Crippen LogP contribution < -0.4 is 0 Å². The Morgan fingerprint density at radius 1 is 1.12 bits per heavy atom. The van der Waals surface area contributed by atoms with Gasteiger partial charge in [-0.3, -0.25) is 0 Å². The molecule has 0 fully saturated rings. The van der Waals surface area contributed by atoms with Gasteiger partial charge < -0.3 is 4.74 Å². The lowest BCUT2D eigenvalue weighted by molar-refractivity contribution is 0.272. The summed E-state index contributed by atoms with van der Waals surface area (Å²) in [4.78, 5) is 15.2. The molecule has 0 amide bonds. The maximum atomic E-state index is 8.62. The van der Waals surface area contributed by atoms with Gasteiger partial charge in [0.25, 0.3) is 0 Å². The number of rotatable bonds is 3. The minimum atomic E-state index is 0.112. The largest absolute Gasteiger partial charge is 0.501 e. The van der Waals surface area contributed by atoms with Gasteiger partial charge in [-0.2, -0.15) is 10.5 Å². The summed E-state index contributed by atoms with van der Waals surface area (Å²) in [5.41, 5.74) is 0.792. The van der Waals surface area contributed by atoms with Crippen molar-refractivity contribution in [3.63, 3.8) is 0 Å². The van der Waals surface area contributed by atoms with Gasteiger partial charge in [0.05, 0.1) is 31.0 Å². The minimum Gasteiger partial charge on any atom is -0.501 e. The average molecular weight is 428 g/mol. The van der Waals surface area contributed by atoms with Crippen molar-refractivity contribution in [1.29, 1.82) is 10.5 Å². The molecule has 0 spiro atoms. The van der Waals surface area contributed by atoms with E-state index in [-0.39, 0.29) is 21.7 Å². The Balaban J connectivity index is 0.000000254. The van der Waals surface area contributed by atoms with Gasteiger partial charge in [-0.15, -0.1) is 0 Å². The molecule has 0 aromatic carbocycles. The quantitative estimate of drug-likeness (QED) is 0.685. The van der Waals surface area contributed by atoms with E-state index in [4.69, 9.17) is 38.5 Å². The van der Waals surface area contributed by atoms with Crippen molar-refractivity contribution in [1.82, 2.24) is 19.9 Å². The second-order valence-corrected chi connectivity index (χ2v) is 5.28. The summed E-state index contributed by atoms with van der Waals surface area (Å²) in [5, 5.41) is 17.2. The molecule has 0 bridgehead atoms. The zero-order valence-electron chi connectivity index (χ0n) is 12.2. The molecule has 2 aromatic heterocycles. The van der Waals surface area contributed by atoms with Crippen LogP contribution in [-0.2, 0) is 4.74 Å². The van der Waals surface area contributed by atoms with Crippen molar-refractivity contribution in [2.75, 3.05) is 6.61 Å². The third-order valence-corrected chi connectivity index (χ3v) is 3.09. The molecule has 0 aliphatic rings. The fourth-order valence-electron chi connectivity index (χ4n) is 1.18. The molecular weight excluding hydrogens is 419 g/mol. The molecule has 0 saturated carbocycles. The molecule has 0 N–H and O–H groups in total. The first-order valence-corrected chi connectivity index (χ1v) is 7.85. The monoisotopic (exact) mass is 426 g/mol. The normalized spacial score (nSPS) is 9.58. The molecule has 0 aliphatic heterocycles. The van der Waals surface area contributed by atoms with E-state index < -0.39 is 0 Å². The van der Waals surface area contributed by atoms with Gasteiger partial charge in [0.1, 0.15) is 16.7 Å². The van der Waals surface area contributed by atoms with Crippen LogP contribution in [0, 0.1) is 22.7 Å². The SMILES string of the molecule is CCO/C=C/c1cnc(Cl)c(C#N)n1.N#Cc1nc(Br)cnc1Cl. The van der Waals surface area contributed by atoms with Crippen LogP contribution in [0.3, 0.4) is 0 Å². The predicted molar refractivity (Wildman–Crippen MR) is 91.9 cm³/mol. The van der Waals surface area contributed by atoms with Gasteiger partial charge in [0.2, 0.25) is 0 Å². The number of hydrogen-bond donors (Lipinski definition) is 0. The van der Waals surface area contributed by atoms with Gasteiger partial charge in [0, 0.05) is 0 Å². The first-order valence-electron chi connectivity index (χ1n) is 6.30. The molecule has 2 aromatic rings. The van der Waals surface area contributed by atoms with E-state index in [1.54, 1.807) is 12.1 Å². The second kappa shape index (κ2) is 10.5. The summed E-state index contributed by atoms with van der Waals surface area (Å²) in [7, 11) is 0. The molecule has 7 nitrogen and oxygen atoms in total. The second-order valence-electron chi connectivity index (χ2n) is 3.75. The highest BCUT2D eigenvalue weighted by Crippen LogP contribution is 2.12. The van der Waals surface area contributed by atoms with Crippen molar-refractivity contribution in [2.45, 2.75) is 6.92 Å². The molecule has 0 aliphatic carbocycles. The topological polar surface area (TPSA) is 108 Å². The zero-order valence-corrected chi connectivity index (χ0v) is 15.3. The van der Waals surface area contributed by atoms with Crippen LogP contribution >= 0.6 is 39.1 Å². The van der Waals surface area contributed by atoms with E-state index in [9.17, 15) is 0 Å². The minimum absolute atomic E-state index is 0.112. The maximum Gasteiger partial charge on any atom is 0.179 e. The van der Waals surface area contributed by atoms with Crippen LogP contribution in [0.4, 0.5) is 0 Å². The Morgan fingerprint density at radius 3 is 2.25 bits per heavy atom. The lowest BCUT2D eigenvalue weighted by Crippen LogP contribution is -1.91.